The van der Waals surface area contributed by atoms with Crippen LogP contribution >= 0.6 is 0 Å². The van der Waals surface area contributed by atoms with Crippen LogP contribution in [0.2, 0.25) is 0 Å². The number of hydrogen-bond donors (Lipinski definition) is 1. The van der Waals surface area contributed by atoms with Crippen LogP contribution < -0.4 is 14.2 Å². The van der Waals surface area contributed by atoms with E-state index in [1.54, 1.807) is 33.5 Å². The lowest BCUT2D eigenvalue weighted by molar-refractivity contribution is -0.0306. The first-order chi connectivity index (χ1) is 9.62. The van der Waals surface area contributed by atoms with Crippen molar-refractivity contribution in [1.29, 1.82) is 0 Å². The van der Waals surface area contributed by atoms with E-state index in [0.717, 1.165) is 12.8 Å². The molecule has 1 aliphatic rings. The van der Waals surface area contributed by atoms with Crippen molar-refractivity contribution >= 4 is 0 Å². The molecule has 1 fully saturated rings. The molecule has 0 saturated carbocycles. The van der Waals surface area contributed by atoms with Crippen LogP contribution in [0.25, 0.3) is 0 Å². The lowest BCUT2D eigenvalue weighted by atomic mass is 10.00. The summed E-state index contributed by atoms with van der Waals surface area (Å²) in [7, 11) is 4.66. The molecule has 1 aromatic rings. The lowest BCUT2D eigenvalue weighted by Gasteiger charge is -2.22. The van der Waals surface area contributed by atoms with E-state index in [2.05, 4.69) is 0 Å². The summed E-state index contributed by atoms with van der Waals surface area (Å²) in [6, 6.07) is 3.55. The highest BCUT2D eigenvalue weighted by Gasteiger charge is 2.32. The second kappa shape index (κ2) is 6.33. The van der Waals surface area contributed by atoms with E-state index in [1.807, 2.05) is 6.92 Å². The molecule has 0 radical (unpaired) electrons. The Bertz CT molecular complexity index is 460. The van der Waals surface area contributed by atoms with Crippen molar-refractivity contribution in [2.75, 3.05) is 21.3 Å². The Labute approximate surface area is 119 Å². The van der Waals surface area contributed by atoms with Gasteiger partial charge < -0.3 is 24.1 Å². The Kier molecular flexibility index (Phi) is 4.73. The van der Waals surface area contributed by atoms with E-state index >= 15 is 0 Å². The van der Waals surface area contributed by atoms with Gasteiger partial charge in [-0.05, 0) is 31.9 Å². The van der Waals surface area contributed by atoms with E-state index in [0.29, 0.717) is 22.8 Å². The van der Waals surface area contributed by atoms with Crippen LogP contribution in [-0.2, 0) is 4.74 Å². The highest BCUT2D eigenvalue weighted by Crippen LogP contribution is 2.44. The maximum Gasteiger partial charge on any atom is 0.203 e. The number of methoxy groups -OCH3 is 3. The van der Waals surface area contributed by atoms with Crippen LogP contribution in [0.3, 0.4) is 0 Å². The zero-order chi connectivity index (χ0) is 14.7. The van der Waals surface area contributed by atoms with E-state index in [1.165, 1.54) is 0 Å². The van der Waals surface area contributed by atoms with Crippen LogP contribution in [0.4, 0.5) is 0 Å². The zero-order valence-electron chi connectivity index (χ0n) is 12.4. The average Bonchev–Trinajstić information content (AvgIpc) is 2.91. The fourth-order valence-electron chi connectivity index (χ4n) is 2.62. The highest BCUT2D eigenvalue weighted by molar-refractivity contribution is 5.56. The van der Waals surface area contributed by atoms with Crippen molar-refractivity contribution in [3.8, 4) is 17.2 Å². The molecule has 0 spiro atoms. The Morgan fingerprint density at radius 2 is 1.80 bits per heavy atom. The largest absolute Gasteiger partial charge is 0.493 e. The molecule has 0 aliphatic carbocycles. The summed E-state index contributed by atoms with van der Waals surface area (Å²) in [4.78, 5) is 0. The van der Waals surface area contributed by atoms with Crippen molar-refractivity contribution in [3.05, 3.63) is 17.7 Å². The predicted molar refractivity (Wildman–Crippen MR) is 74.6 cm³/mol. The molecule has 0 amide bonds. The maximum absolute atomic E-state index is 10.5. The molecular formula is C15H22O5. The predicted octanol–water partition coefficient (Wildman–Crippen LogP) is 2.31. The molecule has 112 valence electrons. The minimum atomic E-state index is -0.741. The van der Waals surface area contributed by atoms with E-state index in [4.69, 9.17) is 18.9 Å². The molecule has 1 aliphatic heterocycles. The van der Waals surface area contributed by atoms with Crippen molar-refractivity contribution in [3.63, 3.8) is 0 Å². The molecule has 1 aromatic carbocycles. The molecule has 3 unspecified atom stereocenters. The van der Waals surface area contributed by atoms with Gasteiger partial charge in [0.05, 0.1) is 33.5 Å². The number of rotatable bonds is 5. The van der Waals surface area contributed by atoms with Gasteiger partial charge >= 0.3 is 0 Å². The van der Waals surface area contributed by atoms with Crippen LogP contribution in [0.15, 0.2) is 12.1 Å². The summed E-state index contributed by atoms with van der Waals surface area (Å²) in [5.74, 6) is 1.54. The third-order valence-corrected chi connectivity index (χ3v) is 3.67. The van der Waals surface area contributed by atoms with Gasteiger partial charge in [-0.25, -0.2) is 0 Å². The quantitative estimate of drug-likeness (QED) is 0.898. The molecule has 1 saturated heterocycles. The Hall–Kier alpha value is -1.46. The Balaban J connectivity index is 2.35. The molecule has 0 bridgehead atoms. The van der Waals surface area contributed by atoms with Gasteiger partial charge in [0.1, 0.15) is 6.10 Å². The number of benzene rings is 1. The third-order valence-electron chi connectivity index (χ3n) is 3.67. The third kappa shape index (κ3) is 2.69. The van der Waals surface area contributed by atoms with Gasteiger partial charge in [-0.3, -0.25) is 0 Å². The van der Waals surface area contributed by atoms with Crippen molar-refractivity contribution in [1.82, 2.24) is 0 Å². The fraction of sp³-hybridized carbons (Fsp3) is 0.600. The summed E-state index contributed by atoms with van der Waals surface area (Å²) in [5.41, 5.74) is 0.657. The number of aliphatic hydroxyl groups excluding tert-OH is 1. The number of ether oxygens (including phenoxy) is 4. The summed E-state index contributed by atoms with van der Waals surface area (Å²) in [6.07, 6.45) is 1.02. The average molecular weight is 282 g/mol. The first kappa shape index (κ1) is 14.9. The lowest BCUT2D eigenvalue weighted by Crippen LogP contribution is -2.19. The normalized spacial score (nSPS) is 23.4. The van der Waals surface area contributed by atoms with Crippen molar-refractivity contribution < 1.29 is 24.1 Å². The molecule has 5 nitrogen and oxygen atoms in total. The van der Waals surface area contributed by atoms with Crippen LogP contribution in [0.1, 0.15) is 31.4 Å². The van der Waals surface area contributed by atoms with Gasteiger partial charge in [-0.15, -0.1) is 0 Å². The van der Waals surface area contributed by atoms with Crippen molar-refractivity contribution in [2.45, 2.75) is 38.1 Å². The maximum atomic E-state index is 10.5. The molecule has 20 heavy (non-hydrogen) atoms. The summed E-state index contributed by atoms with van der Waals surface area (Å²) < 4.78 is 21.7. The molecule has 5 heteroatoms. The van der Waals surface area contributed by atoms with Gasteiger partial charge in [0.15, 0.2) is 11.5 Å². The standard InChI is InChI=1S/C15H22O5/c1-9-5-7-11(20-9)13(16)10-6-8-12(17-2)15(19-4)14(10)18-3/h6,8-9,11,13,16H,5,7H2,1-4H3. The molecule has 2 rings (SSSR count). The number of hydrogen-bond acceptors (Lipinski definition) is 5. The van der Waals surface area contributed by atoms with Gasteiger partial charge in [-0.2, -0.15) is 0 Å². The van der Waals surface area contributed by atoms with Gasteiger partial charge in [0.2, 0.25) is 5.75 Å². The molecule has 1 heterocycles. The van der Waals surface area contributed by atoms with Crippen LogP contribution in [0.5, 0.6) is 17.2 Å². The van der Waals surface area contributed by atoms with Crippen LogP contribution in [0, 0.1) is 0 Å². The molecule has 1 N–H and O–H groups in total. The number of aliphatic hydroxyl groups is 1. The highest BCUT2D eigenvalue weighted by atomic mass is 16.5. The second-order valence-electron chi connectivity index (χ2n) is 4.93. The van der Waals surface area contributed by atoms with Gasteiger partial charge in [0.25, 0.3) is 0 Å². The fourth-order valence-corrected chi connectivity index (χ4v) is 2.62. The minimum absolute atomic E-state index is 0.181. The zero-order valence-corrected chi connectivity index (χ0v) is 12.4. The van der Waals surface area contributed by atoms with Gasteiger partial charge in [0, 0.05) is 5.56 Å². The smallest absolute Gasteiger partial charge is 0.203 e. The van der Waals surface area contributed by atoms with Crippen LogP contribution in [-0.4, -0.2) is 38.6 Å². The van der Waals surface area contributed by atoms with Crippen molar-refractivity contribution in [2.24, 2.45) is 0 Å². The van der Waals surface area contributed by atoms with E-state index in [9.17, 15) is 5.11 Å². The first-order valence-electron chi connectivity index (χ1n) is 6.74. The Morgan fingerprint density at radius 3 is 2.30 bits per heavy atom. The monoisotopic (exact) mass is 282 g/mol. The molecule has 0 aromatic heterocycles. The minimum Gasteiger partial charge on any atom is -0.493 e. The SMILES string of the molecule is COc1ccc(C(O)C2CCC(C)O2)c(OC)c1OC. The topological polar surface area (TPSA) is 57.2 Å². The van der Waals surface area contributed by atoms with E-state index in [-0.39, 0.29) is 12.2 Å². The van der Waals surface area contributed by atoms with Gasteiger partial charge in [-0.1, -0.05) is 0 Å². The summed E-state index contributed by atoms with van der Waals surface area (Å²) in [5, 5.41) is 10.5. The molecular weight excluding hydrogens is 260 g/mol. The van der Waals surface area contributed by atoms with E-state index < -0.39 is 6.10 Å². The Morgan fingerprint density at radius 1 is 1.10 bits per heavy atom. The first-order valence-corrected chi connectivity index (χ1v) is 6.74. The second-order valence-corrected chi connectivity index (χ2v) is 4.93. The molecule has 3 atom stereocenters. The summed E-state index contributed by atoms with van der Waals surface area (Å²) in [6.45, 7) is 2.01. The summed E-state index contributed by atoms with van der Waals surface area (Å²) >= 11 is 0.